The van der Waals surface area contributed by atoms with Gasteiger partial charge >= 0.3 is 0 Å². The molecule has 174 valence electrons. The molecule has 0 unspecified atom stereocenters. The number of carbonyl (C=O) groups is 2. The molecule has 3 aromatic rings. The molecular weight excluding hydrogens is 472 g/mol. The van der Waals surface area contributed by atoms with Crippen LogP contribution in [-0.4, -0.2) is 32.6 Å². The molecule has 6 nitrogen and oxygen atoms in total. The summed E-state index contributed by atoms with van der Waals surface area (Å²) in [6, 6.07) is 18.3. The molecule has 1 aliphatic rings. The average molecular weight is 495 g/mol. The topological polar surface area (TPSA) is 76.7 Å². The van der Waals surface area contributed by atoms with Gasteiger partial charge in [-0.25, -0.2) is 0 Å². The van der Waals surface area contributed by atoms with Crippen molar-refractivity contribution >= 4 is 46.9 Å². The number of fused-ring (bicyclic) bond motifs is 1. The molecule has 34 heavy (non-hydrogen) atoms. The molecule has 0 spiro atoms. The van der Waals surface area contributed by atoms with Crippen molar-refractivity contribution < 1.29 is 19.1 Å². The summed E-state index contributed by atoms with van der Waals surface area (Å²) in [5.74, 6) is 0.787. The molecule has 2 amide bonds. The molecular formula is C26H23ClN2O4S. The van der Waals surface area contributed by atoms with Gasteiger partial charge in [-0.2, -0.15) is 0 Å². The Hall–Kier alpha value is -3.42. The minimum Gasteiger partial charge on any atom is -0.493 e. The maximum atomic E-state index is 12.7. The van der Waals surface area contributed by atoms with Crippen molar-refractivity contribution in [3.8, 4) is 11.5 Å². The van der Waals surface area contributed by atoms with E-state index >= 15 is 0 Å². The van der Waals surface area contributed by atoms with Crippen LogP contribution in [0.25, 0.3) is 6.08 Å². The zero-order valence-corrected chi connectivity index (χ0v) is 20.3. The number of amides is 2. The molecule has 0 saturated heterocycles. The molecule has 0 atom stereocenters. The van der Waals surface area contributed by atoms with E-state index in [2.05, 4.69) is 10.6 Å². The molecule has 0 radical (unpaired) electrons. The monoisotopic (exact) mass is 494 g/mol. The number of anilines is 1. The van der Waals surface area contributed by atoms with Gasteiger partial charge in [-0.15, -0.1) is 0 Å². The molecule has 0 aliphatic carbocycles. The molecule has 2 N–H and O–H groups in total. The number of hydrogen-bond donors (Lipinski definition) is 2. The summed E-state index contributed by atoms with van der Waals surface area (Å²) in [6.45, 7) is 0.497. The minimum absolute atomic E-state index is 0.192. The van der Waals surface area contributed by atoms with Gasteiger partial charge < -0.3 is 20.1 Å². The van der Waals surface area contributed by atoms with E-state index in [1.54, 1.807) is 38.5 Å². The summed E-state index contributed by atoms with van der Waals surface area (Å²) >= 11 is 7.26. The normalized spacial score (nSPS) is 13.7. The molecule has 8 heteroatoms. The number of halogens is 1. The van der Waals surface area contributed by atoms with Gasteiger partial charge in [-0.3, -0.25) is 9.59 Å². The average Bonchev–Trinajstić information content (AvgIpc) is 2.85. The van der Waals surface area contributed by atoms with Crippen LogP contribution in [-0.2, 0) is 11.2 Å². The fourth-order valence-corrected chi connectivity index (χ4v) is 4.53. The summed E-state index contributed by atoms with van der Waals surface area (Å²) in [5, 5.41) is 6.49. The first-order valence-corrected chi connectivity index (χ1v) is 11.8. The van der Waals surface area contributed by atoms with Crippen LogP contribution in [0.3, 0.4) is 0 Å². The Balaban J connectivity index is 1.43. The third-order valence-electron chi connectivity index (χ3n) is 5.25. The second-order valence-corrected chi connectivity index (χ2v) is 9.04. The summed E-state index contributed by atoms with van der Waals surface area (Å²) in [6.07, 6.45) is 2.49. The van der Waals surface area contributed by atoms with E-state index < -0.39 is 0 Å². The van der Waals surface area contributed by atoms with Crippen LogP contribution in [0.4, 0.5) is 5.69 Å². The summed E-state index contributed by atoms with van der Waals surface area (Å²) in [4.78, 5) is 26.7. The number of thioether (sulfide) groups is 1. The second kappa shape index (κ2) is 10.7. The Morgan fingerprint density at radius 3 is 2.53 bits per heavy atom. The van der Waals surface area contributed by atoms with E-state index in [0.29, 0.717) is 45.6 Å². The maximum absolute atomic E-state index is 12.7. The number of methoxy groups -OCH3 is 2. The number of carbonyl (C=O) groups excluding carboxylic acids is 2. The fraction of sp³-hybridized carbons (Fsp3) is 0.154. The Morgan fingerprint density at radius 1 is 1.03 bits per heavy atom. The molecule has 1 heterocycles. The third-order valence-corrected chi connectivity index (χ3v) is 6.60. The van der Waals surface area contributed by atoms with Crippen molar-refractivity contribution in [2.75, 3.05) is 26.1 Å². The molecule has 0 aromatic heterocycles. The summed E-state index contributed by atoms with van der Waals surface area (Å²) in [7, 11) is 3.14. The highest BCUT2D eigenvalue weighted by Crippen LogP contribution is 2.40. The van der Waals surface area contributed by atoms with Gasteiger partial charge in [0.15, 0.2) is 11.5 Å². The SMILES string of the molecule is COc1ccc(/C=C2/Sc3ccc(C(=O)NCCc4ccc(Cl)cc4)cc3NC2=O)cc1OC. The first-order chi connectivity index (χ1) is 16.5. The fourth-order valence-electron chi connectivity index (χ4n) is 3.47. The van der Waals surface area contributed by atoms with Crippen molar-refractivity contribution in [1.29, 1.82) is 0 Å². The lowest BCUT2D eigenvalue weighted by atomic mass is 10.1. The van der Waals surface area contributed by atoms with Crippen LogP contribution >= 0.6 is 23.4 Å². The lowest BCUT2D eigenvalue weighted by molar-refractivity contribution is -0.112. The minimum atomic E-state index is -0.229. The molecule has 1 aliphatic heterocycles. The summed E-state index contributed by atoms with van der Waals surface area (Å²) in [5.41, 5.74) is 3.01. The van der Waals surface area contributed by atoms with Crippen LogP contribution in [0, 0.1) is 0 Å². The van der Waals surface area contributed by atoms with E-state index in [4.69, 9.17) is 21.1 Å². The van der Waals surface area contributed by atoms with Crippen LogP contribution in [0.15, 0.2) is 70.5 Å². The Morgan fingerprint density at radius 2 is 1.79 bits per heavy atom. The smallest absolute Gasteiger partial charge is 0.262 e. The van der Waals surface area contributed by atoms with Crippen LogP contribution in [0.1, 0.15) is 21.5 Å². The molecule has 4 rings (SSSR count). The van der Waals surface area contributed by atoms with Gasteiger partial charge in [-0.05, 0) is 66.1 Å². The number of nitrogens with one attached hydrogen (secondary N) is 2. The van der Waals surface area contributed by atoms with E-state index in [9.17, 15) is 9.59 Å². The second-order valence-electron chi connectivity index (χ2n) is 7.52. The number of rotatable bonds is 7. The zero-order chi connectivity index (χ0) is 24.1. The van der Waals surface area contributed by atoms with Crippen molar-refractivity contribution in [3.63, 3.8) is 0 Å². The van der Waals surface area contributed by atoms with Gasteiger partial charge in [0, 0.05) is 22.0 Å². The molecule has 0 saturated carbocycles. The highest BCUT2D eigenvalue weighted by molar-refractivity contribution is 8.04. The standard InChI is InChI=1S/C26H23ClN2O4S/c1-32-21-9-5-17(13-22(21)33-2)14-24-26(31)29-20-15-18(6-10-23(20)34-24)25(30)28-12-11-16-3-7-19(27)8-4-16/h3-10,13-15H,11-12H2,1-2H3,(H,28,30)(H,29,31)/b24-14+. The van der Waals surface area contributed by atoms with Gasteiger partial charge in [0.1, 0.15) is 0 Å². The lowest BCUT2D eigenvalue weighted by Gasteiger charge is -2.19. The van der Waals surface area contributed by atoms with Crippen molar-refractivity contribution in [2.45, 2.75) is 11.3 Å². The van der Waals surface area contributed by atoms with Crippen LogP contribution < -0.4 is 20.1 Å². The predicted molar refractivity (Wildman–Crippen MR) is 136 cm³/mol. The first-order valence-electron chi connectivity index (χ1n) is 10.6. The number of benzene rings is 3. The number of ether oxygens (including phenoxy) is 2. The quantitative estimate of drug-likeness (QED) is 0.429. The highest BCUT2D eigenvalue weighted by Gasteiger charge is 2.22. The van der Waals surface area contributed by atoms with Gasteiger partial charge in [0.2, 0.25) is 0 Å². The highest BCUT2D eigenvalue weighted by atomic mass is 35.5. The zero-order valence-electron chi connectivity index (χ0n) is 18.7. The van der Waals surface area contributed by atoms with E-state index in [-0.39, 0.29) is 11.8 Å². The van der Waals surface area contributed by atoms with E-state index in [1.807, 2.05) is 42.5 Å². The number of hydrogen-bond acceptors (Lipinski definition) is 5. The van der Waals surface area contributed by atoms with Crippen molar-refractivity contribution in [2.24, 2.45) is 0 Å². The largest absolute Gasteiger partial charge is 0.493 e. The lowest BCUT2D eigenvalue weighted by Crippen LogP contribution is -2.26. The van der Waals surface area contributed by atoms with Crippen molar-refractivity contribution in [1.82, 2.24) is 5.32 Å². The van der Waals surface area contributed by atoms with E-state index in [0.717, 1.165) is 16.0 Å². The molecule has 0 fully saturated rings. The third kappa shape index (κ3) is 5.55. The molecule has 0 bridgehead atoms. The Kier molecular flexibility index (Phi) is 7.45. The Bertz CT molecular complexity index is 1260. The molecule has 3 aromatic carbocycles. The summed E-state index contributed by atoms with van der Waals surface area (Å²) < 4.78 is 10.6. The van der Waals surface area contributed by atoms with Crippen LogP contribution in [0.5, 0.6) is 11.5 Å². The van der Waals surface area contributed by atoms with Gasteiger partial charge in [0.25, 0.3) is 11.8 Å². The van der Waals surface area contributed by atoms with Crippen molar-refractivity contribution in [3.05, 3.63) is 87.3 Å². The maximum Gasteiger partial charge on any atom is 0.262 e. The first kappa shape index (κ1) is 23.7. The van der Waals surface area contributed by atoms with Gasteiger partial charge in [0.05, 0.1) is 24.8 Å². The van der Waals surface area contributed by atoms with Crippen LogP contribution in [0.2, 0.25) is 5.02 Å². The van der Waals surface area contributed by atoms with E-state index in [1.165, 1.54) is 11.8 Å². The predicted octanol–water partition coefficient (Wildman–Crippen LogP) is 5.42. The van der Waals surface area contributed by atoms with Gasteiger partial charge in [-0.1, -0.05) is 41.6 Å². The Labute approximate surface area is 207 Å².